The zero-order valence-corrected chi connectivity index (χ0v) is 18.6. The van der Waals surface area contributed by atoms with Crippen LogP contribution in [0, 0.1) is 0 Å². The summed E-state index contributed by atoms with van der Waals surface area (Å²) in [6.07, 6.45) is 2.82. The summed E-state index contributed by atoms with van der Waals surface area (Å²) in [7, 11) is -7.51. The molecule has 1 aliphatic rings. The van der Waals surface area contributed by atoms with E-state index in [4.69, 9.17) is 0 Å². The third-order valence-corrected chi connectivity index (χ3v) is 7.25. The minimum atomic E-state index is -3.88. The zero-order chi connectivity index (χ0) is 23.5. The lowest BCUT2D eigenvalue weighted by atomic mass is 10.2. The lowest BCUT2D eigenvalue weighted by Gasteiger charge is -2.08. The first kappa shape index (κ1) is 22.4. The van der Waals surface area contributed by atoms with Crippen LogP contribution in [0.1, 0.15) is 12.0 Å². The summed E-state index contributed by atoms with van der Waals surface area (Å²) in [5.41, 5.74) is 0.860. The van der Waals surface area contributed by atoms with Gasteiger partial charge in [0.25, 0.3) is 20.0 Å². The molecule has 0 spiro atoms. The van der Waals surface area contributed by atoms with Gasteiger partial charge in [0, 0.05) is 30.1 Å². The second-order valence-electron chi connectivity index (χ2n) is 6.83. The minimum Gasteiger partial charge on any atom is -0.326 e. The number of aliphatic imine (C=N–C) groups is 1. The quantitative estimate of drug-likeness (QED) is 0.454. The van der Waals surface area contributed by atoms with Gasteiger partial charge in [-0.2, -0.15) is 0 Å². The maximum absolute atomic E-state index is 12.4. The van der Waals surface area contributed by atoms with Crippen molar-refractivity contribution < 1.29 is 21.6 Å². The Hall–Kier alpha value is -3.84. The zero-order valence-electron chi connectivity index (χ0n) is 17.0. The van der Waals surface area contributed by atoms with Gasteiger partial charge >= 0.3 is 0 Å². The first-order chi connectivity index (χ1) is 15.7. The molecule has 170 valence electrons. The molecule has 0 saturated heterocycles. The van der Waals surface area contributed by atoms with Crippen molar-refractivity contribution in [1.82, 2.24) is 14.7 Å². The molecule has 4 rings (SSSR count). The fourth-order valence-corrected chi connectivity index (χ4v) is 5.20. The molecule has 3 N–H and O–H groups in total. The molecule has 0 saturated carbocycles. The maximum atomic E-state index is 12.4. The predicted molar refractivity (Wildman–Crippen MR) is 121 cm³/mol. The van der Waals surface area contributed by atoms with Crippen LogP contribution in [0.15, 0.2) is 81.8 Å². The van der Waals surface area contributed by atoms with Crippen molar-refractivity contribution in [2.75, 3.05) is 16.6 Å². The highest BCUT2D eigenvalue weighted by molar-refractivity contribution is 7.92. The summed E-state index contributed by atoms with van der Waals surface area (Å²) in [4.78, 5) is 24.2. The molecular formula is C20H18N6O5S2. The van der Waals surface area contributed by atoms with E-state index < -0.39 is 20.0 Å². The Morgan fingerprint density at radius 1 is 1.00 bits per heavy atom. The van der Waals surface area contributed by atoms with E-state index in [2.05, 4.69) is 29.7 Å². The number of sulfonamides is 2. The number of nitrogens with one attached hydrogen (secondary N) is 3. The molecule has 0 atom stereocenters. The van der Waals surface area contributed by atoms with Crippen LogP contribution in [0.3, 0.4) is 0 Å². The fourth-order valence-electron chi connectivity index (χ4n) is 2.99. The highest BCUT2D eigenvalue weighted by Gasteiger charge is 2.29. The minimum absolute atomic E-state index is 0.000343. The van der Waals surface area contributed by atoms with Crippen molar-refractivity contribution in [3.05, 3.63) is 72.6 Å². The van der Waals surface area contributed by atoms with E-state index in [9.17, 15) is 21.6 Å². The summed E-state index contributed by atoms with van der Waals surface area (Å²) in [5, 5.41) is 2.64. The Bertz CT molecular complexity index is 1420. The number of benzene rings is 2. The molecule has 1 aliphatic heterocycles. The van der Waals surface area contributed by atoms with Crippen molar-refractivity contribution in [3.8, 4) is 0 Å². The van der Waals surface area contributed by atoms with E-state index in [1.807, 2.05) is 0 Å². The van der Waals surface area contributed by atoms with Gasteiger partial charge in [-0.15, -0.1) is 0 Å². The standard InChI is InChI=1S/C20H18N6O5S2/c27-18(10-13-21-19-16-4-1-2-5-17(16)33(30,31)25-19)24-14-6-8-15(9-7-14)32(28,29)26-20-22-11-3-12-23-20/h1-9,11-12H,10,13H2,(H,21,25)(H,24,27)(H,22,23,26). The SMILES string of the molecule is O=C(CCN=C1NS(=O)(=O)c2ccccc21)Nc1ccc(S(=O)(=O)Nc2ncccn2)cc1. The average Bonchev–Trinajstić information content (AvgIpc) is 3.05. The van der Waals surface area contributed by atoms with Gasteiger partial charge in [0.1, 0.15) is 5.84 Å². The van der Waals surface area contributed by atoms with Crippen molar-refractivity contribution in [3.63, 3.8) is 0 Å². The van der Waals surface area contributed by atoms with Gasteiger partial charge in [0.15, 0.2) is 0 Å². The van der Waals surface area contributed by atoms with Gasteiger partial charge < -0.3 is 5.32 Å². The molecule has 0 radical (unpaired) electrons. The molecular weight excluding hydrogens is 468 g/mol. The van der Waals surface area contributed by atoms with Gasteiger partial charge in [-0.25, -0.2) is 31.5 Å². The van der Waals surface area contributed by atoms with Crippen molar-refractivity contribution in [2.45, 2.75) is 16.2 Å². The van der Waals surface area contributed by atoms with E-state index in [0.717, 1.165) is 0 Å². The van der Waals surface area contributed by atoms with Crippen LogP contribution in [0.2, 0.25) is 0 Å². The molecule has 0 fully saturated rings. The highest BCUT2D eigenvalue weighted by Crippen LogP contribution is 2.22. The van der Waals surface area contributed by atoms with E-state index in [1.165, 1.54) is 42.7 Å². The van der Waals surface area contributed by atoms with Crippen LogP contribution in [-0.2, 0) is 24.8 Å². The third kappa shape index (κ3) is 5.15. The third-order valence-electron chi connectivity index (χ3n) is 4.51. The molecule has 2 heterocycles. The second-order valence-corrected chi connectivity index (χ2v) is 10.2. The lowest BCUT2D eigenvalue weighted by Crippen LogP contribution is -2.23. The smallest absolute Gasteiger partial charge is 0.264 e. The summed E-state index contributed by atoms with van der Waals surface area (Å²) < 4.78 is 53.6. The Kier molecular flexibility index (Phi) is 6.07. The van der Waals surface area contributed by atoms with Crippen molar-refractivity contribution in [1.29, 1.82) is 0 Å². The van der Waals surface area contributed by atoms with Crippen molar-refractivity contribution in [2.24, 2.45) is 4.99 Å². The number of carbonyl (C=O) groups excluding carboxylic acids is 1. The summed E-state index contributed by atoms with van der Waals surface area (Å²) in [5.74, 6) is -0.216. The first-order valence-electron chi connectivity index (χ1n) is 9.61. The number of amidine groups is 1. The molecule has 3 aromatic rings. The van der Waals surface area contributed by atoms with E-state index in [1.54, 1.807) is 24.3 Å². The number of anilines is 2. The lowest BCUT2D eigenvalue weighted by molar-refractivity contribution is -0.116. The monoisotopic (exact) mass is 486 g/mol. The molecule has 0 aliphatic carbocycles. The van der Waals surface area contributed by atoms with Gasteiger partial charge in [-0.05, 0) is 42.5 Å². The summed E-state index contributed by atoms with van der Waals surface area (Å²) in [6, 6.07) is 13.6. The normalized spacial score (nSPS) is 15.5. The topological polar surface area (TPSA) is 160 Å². The van der Waals surface area contributed by atoms with Crippen LogP contribution in [0.4, 0.5) is 11.6 Å². The Balaban J connectivity index is 1.35. The van der Waals surface area contributed by atoms with Crippen LogP contribution in [0.5, 0.6) is 0 Å². The van der Waals surface area contributed by atoms with Crippen molar-refractivity contribution >= 4 is 43.4 Å². The van der Waals surface area contributed by atoms with Gasteiger partial charge in [-0.1, -0.05) is 12.1 Å². The number of fused-ring (bicyclic) bond motifs is 1. The molecule has 11 nitrogen and oxygen atoms in total. The van der Waals surface area contributed by atoms with Crippen LogP contribution >= 0.6 is 0 Å². The number of nitrogens with zero attached hydrogens (tertiary/aromatic N) is 3. The average molecular weight is 487 g/mol. The van der Waals surface area contributed by atoms with Crippen LogP contribution in [0.25, 0.3) is 0 Å². The molecule has 1 amide bonds. The number of carbonyl (C=O) groups is 1. The number of amides is 1. The Morgan fingerprint density at radius 2 is 1.70 bits per heavy atom. The Morgan fingerprint density at radius 3 is 2.42 bits per heavy atom. The number of hydrogen-bond donors (Lipinski definition) is 3. The first-order valence-corrected chi connectivity index (χ1v) is 12.6. The predicted octanol–water partition coefficient (Wildman–Crippen LogP) is 1.34. The molecule has 2 aromatic carbocycles. The van der Waals surface area contributed by atoms with Gasteiger partial charge in [0.05, 0.1) is 16.3 Å². The molecule has 33 heavy (non-hydrogen) atoms. The second kappa shape index (κ2) is 8.96. The van der Waals surface area contributed by atoms with E-state index in [0.29, 0.717) is 11.3 Å². The Labute approximate surface area is 190 Å². The summed E-state index contributed by atoms with van der Waals surface area (Å²) in [6.45, 7) is 0.0610. The van der Waals surface area contributed by atoms with E-state index >= 15 is 0 Å². The van der Waals surface area contributed by atoms with Gasteiger partial charge in [0.2, 0.25) is 11.9 Å². The summed E-state index contributed by atoms with van der Waals surface area (Å²) >= 11 is 0. The molecule has 13 heteroatoms. The molecule has 0 bridgehead atoms. The van der Waals surface area contributed by atoms with Crippen LogP contribution in [-0.4, -0.2) is 45.1 Å². The number of rotatable bonds is 7. The molecule has 1 aromatic heterocycles. The van der Waals surface area contributed by atoms with Crippen LogP contribution < -0.4 is 14.8 Å². The highest BCUT2D eigenvalue weighted by atomic mass is 32.2. The largest absolute Gasteiger partial charge is 0.326 e. The fraction of sp³-hybridized carbons (Fsp3) is 0.100. The van der Waals surface area contributed by atoms with Gasteiger partial charge in [-0.3, -0.25) is 14.5 Å². The molecule has 0 unspecified atom stereocenters. The van der Waals surface area contributed by atoms with E-state index in [-0.39, 0.29) is 40.4 Å². The number of hydrogen-bond acceptors (Lipinski definition) is 8. The number of aromatic nitrogens is 2. The maximum Gasteiger partial charge on any atom is 0.264 e.